The molecule has 10 heteroatoms. The second-order valence-corrected chi connectivity index (χ2v) is 4.59. The number of fused-ring (bicyclic) bond motifs is 1. The molecule has 1 amide bonds. The van der Waals surface area contributed by atoms with Crippen LogP contribution in [-0.2, 0) is 16.1 Å². The van der Waals surface area contributed by atoms with Gasteiger partial charge in [-0.3, -0.25) is 9.59 Å². The van der Waals surface area contributed by atoms with Gasteiger partial charge in [-0.05, 0) is 12.1 Å². The Labute approximate surface area is 128 Å². The van der Waals surface area contributed by atoms with Crippen molar-refractivity contribution < 1.29 is 22.7 Å². The molecule has 0 saturated heterocycles. The van der Waals surface area contributed by atoms with Gasteiger partial charge in [0.2, 0.25) is 5.91 Å². The number of alkyl halides is 3. The predicted molar refractivity (Wildman–Crippen MR) is 73.7 cm³/mol. The van der Waals surface area contributed by atoms with Crippen molar-refractivity contribution in [2.24, 2.45) is 0 Å². The minimum Gasteiger partial charge on any atom is -0.370 e. The fraction of sp³-hybridized carbons (Fsp3) is 0.385. The van der Waals surface area contributed by atoms with Crippen LogP contribution in [0.5, 0.6) is 0 Å². The van der Waals surface area contributed by atoms with Gasteiger partial charge < -0.3 is 10.1 Å². The van der Waals surface area contributed by atoms with Crippen LogP contribution in [0, 0.1) is 0 Å². The van der Waals surface area contributed by atoms with E-state index in [-0.39, 0.29) is 19.7 Å². The molecule has 0 saturated carbocycles. The van der Waals surface area contributed by atoms with Gasteiger partial charge in [0.25, 0.3) is 5.56 Å². The van der Waals surface area contributed by atoms with Crippen LogP contribution >= 0.6 is 0 Å². The molecule has 0 unspecified atom stereocenters. The van der Waals surface area contributed by atoms with Crippen LogP contribution < -0.4 is 10.9 Å². The zero-order valence-electron chi connectivity index (χ0n) is 11.8. The van der Waals surface area contributed by atoms with Crippen molar-refractivity contribution in [3.63, 3.8) is 0 Å². The Bertz CT molecular complexity index is 745. The molecule has 0 bridgehead atoms. The summed E-state index contributed by atoms with van der Waals surface area (Å²) in [6, 6.07) is 6.54. The molecule has 124 valence electrons. The minimum atomic E-state index is -4.40. The van der Waals surface area contributed by atoms with E-state index in [9.17, 15) is 22.8 Å². The highest BCUT2D eigenvalue weighted by Crippen LogP contribution is 2.13. The average molecular weight is 330 g/mol. The first-order chi connectivity index (χ1) is 10.9. The highest BCUT2D eigenvalue weighted by molar-refractivity contribution is 5.78. The van der Waals surface area contributed by atoms with E-state index in [2.05, 4.69) is 20.4 Å². The van der Waals surface area contributed by atoms with Crippen LogP contribution in [0.15, 0.2) is 29.1 Å². The molecule has 0 atom stereocenters. The van der Waals surface area contributed by atoms with Gasteiger partial charge in [0, 0.05) is 6.54 Å². The van der Waals surface area contributed by atoms with E-state index in [1.807, 2.05) is 0 Å². The SMILES string of the molecule is O=C(Cn1nnc2ccccc2c1=O)NCCOCC(F)(F)F. The largest absolute Gasteiger partial charge is 0.411 e. The summed E-state index contributed by atoms with van der Waals surface area (Å²) in [5, 5.41) is 10.1. The zero-order valence-corrected chi connectivity index (χ0v) is 11.8. The third-order valence-electron chi connectivity index (χ3n) is 2.76. The van der Waals surface area contributed by atoms with Crippen molar-refractivity contribution in [2.45, 2.75) is 12.7 Å². The Morgan fingerprint density at radius 3 is 2.78 bits per heavy atom. The van der Waals surface area contributed by atoms with E-state index in [1.165, 1.54) is 0 Å². The molecule has 1 aromatic carbocycles. The summed E-state index contributed by atoms with van der Waals surface area (Å²) < 4.78 is 40.7. The number of rotatable bonds is 6. The van der Waals surface area contributed by atoms with Crippen molar-refractivity contribution >= 4 is 16.8 Å². The normalized spacial score (nSPS) is 11.6. The highest BCUT2D eigenvalue weighted by Gasteiger charge is 2.27. The maximum absolute atomic E-state index is 12.1. The number of amides is 1. The molecule has 0 aliphatic rings. The second-order valence-electron chi connectivity index (χ2n) is 4.59. The Kier molecular flexibility index (Phi) is 5.27. The van der Waals surface area contributed by atoms with Crippen molar-refractivity contribution in [1.82, 2.24) is 20.3 Å². The van der Waals surface area contributed by atoms with Crippen molar-refractivity contribution in [1.29, 1.82) is 0 Å². The number of carbonyl (C=O) groups excluding carboxylic acids is 1. The summed E-state index contributed by atoms with van der Waals surface area (Å²) in [6.45, 7) is -2.15. The number of benzene rings is 1. The number of hydrogen-bond donors (Lipinski definition) is 1. The molecule has 2 aromatic rings. The Balaban J connectivity index is 1.86. The minimum absolute atomic E-state index is 0.106. The Morgan fingerprint density at radius 1 is 1.30 bits per heavy atom. The van der Waals surface area contributed by atoms with E-state index in [0.29, 0.717) is 10.9 Å². The quantitative estimate of drug-likeness (QED) is 0.779. The van der Waals surface area contributed by atoms with Crippen LogP contribution in [0.25, 0.3) is 10.9 Å². The number of nitrogens with zero attached hydrogens (tertiary/aromatic N) is 3. The number of hydrogen-bond acceptors (Lipinski definition) is 5. The van der Waals surface area contributed by atoms with Gasteiger partial charge in [-0.25, -0.2) is 4.68 Å². The van der Waals surface area contributed by atoms with Crippen molar-refractivity contribution in [3.05, 3.63) is 34.6 Å². The lowest BCUT2D eigenvalue weighted by Crippen LogP contribution is -2.36. The molecule has 0 aliphatic carbocycles. The fourth-order valence-corrected chi connectivity index (χ4v) is 1.77. The van der Waals surface area contributed by atoms with E-state index >= 15 is 0 Å². The molecule has 0 fully saturated rings. The van der Waals surface area contributed by atoms with Gasteiger partial charge in [-0.2, -0.15) is 13.2 Å². The predicted octanol–water partition coefficient (Wildman–Crippen LogP) is 0.487. The number of halogens is 3. The molecule has 0 radical (unpaired) electrons. The van der Waals surface area contributed by atoms with Crippen LogP contribution in [0.3, 0.4) is 0 Å². The van der Waals surface area contributed by atoms with Gasteiger partial charge in [0.1, 0.15) is 18.7 Å². The molecule has 1 heterocycles. The lowest BCUT2D eigenvalue weighted by atomic mass is 10.2. The number of carbonyl (C=O) groups is 1. The highest BCUT2D eigenvalue weighted by atomic mass is 19.4. The van der Waals surface area contributed by atoms with E-state index in [1.54, 1.807) is 24.3 Å². The van der Waals surface area contributed by atoms with Crippen LogP contribution in [-0.4, -0.2) is 46.8 Å². The van der Waals surface area contributed by atoms with Crippen molar-refractivity contribution in [3.8, 4) is 0 Å². The standard InChI is InChI=1S/C13H13F3N4O3/c14-13(15,16)8-23-6-5-17-11(21)7-20-12(22)9-3-1-2-4-10(9)18-19-20/h1-4H,5-8H2,(H,17,21). The summed E-state index contributed by atoms with van der Waals surface area (Å²) in [7, 11) is 0. The second kappa shape index (κ2) is 7.18. The molecule has 1 aromatic heterocycles. The smallest absolute Gasteiger partial charge is 0.370 e. The number of ether oxygens (including phenoxy) is 1. The molecule has 0 spiro atoms. The van der Waals surface area contributed by atoms with Gasteiger partial charge in [0.05, 0.1) is 12.0 Å². The number of nitrogens with one attached hydrogen (secondary N) is 1. The summed E-state index contributed by atoms with van der Waals surface area (Å²) in [5.41, 5.74) is -0.0613. The first kappa shape index (κ1) is 16.9. The average Bonchev–Trinajstić information content (AvgIpc) is 2.49. The summed E-state index contributed by atoms with van der Waals surface area (Å²) in [4.78, 5) is 23.7. The van der Waals surface area contributed by atoms with E-state index in [4.69, 9.17) is 0 Å². The van der Waals surface area contributed by atoms with Crippen LogP contribution in [0.2, 0.25) is 0 Å². The van der Waals surface area contributed by atoms with Gasteiger partial charge in [0.15, 0.2) is 0 Å². The van der Waals surface area contributed by atoms with E-state index in [0.717, 1.165) is 4.68 Å². The molecule has 7 nitrogen and oxygen atoms in total. The number of aromatic nitrogens is 3. The molecule has 2 rings (SSSR count). The summed E-state index contributed by atoms with van der Waals surface area (Å²) in [6.07, 6.45) is -4.40. The molecule has 0 aliphatic heterocycles. The van der Waals surface area contributed by atoms with Crippen molar-refractivity contribution in [2.75, 3.05) is 19.8 Å². The Morgan fingerprint density at radius 2 is 2.04 bits per heavy atom. The van der Waals surface area contributed by atoms with Gasteiger partial charge in [-0.1, -0.05) is 17.3 Å². The first-order valence-electron chi connectivity index (χ1n) is 6.60. The molecular formula is C13H13F3N4O3. The zero-order chi connectivity index (χ0) is 16.9. The first-order valence-corrected chi connectivity index (χ1v) is 6.60. The lowest BCUT2D eigenvalue weighted by molar-refractivity contribution is -0.173. The fourth-order valence-electron chi connectivity index (χ4n) is 1.77. The molecule has 23 heavy (non-hydrogen) atoms. The summed E-state index contributed by atoms with van der Waals surface area (Å²) >= 11 is 0. The summed E-state index contributed by atoms with van der Waals surface area (Å²) in [5.74, 6) is -0.577. The topological polar surface area (TPSA) is 86.1 Å². The van der Waals surface area contributed by atoms with Crippen LogP contribution in [0.1, 0.15) is 0 Å². The third-order valence-corrected chi connectivity index (χ3v) is 2.76. The maximum Gasteiger partial charge on any atom is 0.411 e. The van der Waals surface area contributed by atoms with E-state index < -0.39 is 24.2 Å². The van der Waals surface area contributed by atoms with Crippen LogP contribution in [0.4, 0.5) is 13.2 Å². The maximum atomic E-state index is 12.1. The monoisotopic (exact) mass is 330 g/mol. The third kappa shape index (κ3) is 5.02. The Hall–Kier alpha value is -2.49. The molecular weight excluding hydrogens is 317 g/mol. The molecule has 1 N–H and O–H groups in total. The van der Waals surface area contributed by atoms with Gasteiger partial charge >= 0.3 is 6.18 Å². The lowest BCUT2D eigenvalue weighted by Gasteiger charge is -2.09. The van der Waals surface area contributed by atoms with Gasteiger partial charge in [-0.15, -0.1) is 5.10 Å².